The van der Waals surface area contributed by atoms with Crippen LogP contribution in [-0.2, 0) is 11.3 Å². The number of likely N-dealkylation sites (tertiary alicyclic amines) is 1. The Kier molecular flexibility index (Phi) is 5.00. The molecule has 0 atom stereocenters. The monoisotopic (exact) mass is 379 g/mol. The fourth-order valence-corrected chi connectivity index (χ4v) is 4.69. The van der Waals surface area contributed by atoms with E-state index >= 15 is 0 Å². The van der Waals surface area contributed by atoms with Gasteiger partial charge in [-0.05, 0) is 56.5 Å². The summed E-state index contributed by atoms with van der Waals surface area (Å²) in [6, 6.07) is 12.4. The zero-order valence-corrected chi connectivity index (χ0v) is 17.1. The van der Waals surface area contributed by atoms with Gasteiger partial charge < -0.3 is 14.5 Å². The molecule has 1 aromatic carbocycles. The first-order valence-corrected chi connectivity index (χ1v) is 10.1. The SMILES string of the molecule is COc1cccc(CN2CC3(CCN(c4cc(C)nc(C)c4)CC3)CC2=O)c1. The van der Waals surface area contributed by atoms with Crippen LogP contribution in [0.3, 0.4) is 0 Å². The maximum Gasteiger partial charge on any atom is 0.223 e. The minimum Gasteiger partial charge on any atom is -0.497 e. The van der Waals surface area contributed by atoms with Gasteiger partial charge in [-0.15, -0.1) is 0 Å². The fraction of sp³-hybridized carbons (Fsp3) is 0.478. The predicted octanol–water partition coefficient (Wildman–Crippen LogP) is 3.73. The van der Waals surface area contributed by atoms with E-state index in [0.29, 0.717) is 13.0 Å². The van der Waals surface area contributed by atoms with Crippen molar-refractivity contribution >= 4 is 11.6 Å². The number of hydrogen-bond donors (Lipinski definition) is 0. The summed E-state index contributed by atoms with van der Waals surface area (Å²) >= 11 is 0. The highest BCUT2D eigenvalue weighted by Crippen LogP contribution is 2.42. The molecule has 2 aliphatic heterocycles. The van der Waals surface area contributed by atoms with E-state index in [-0.39, 0.29) is 11.3 Å². The van der Waals surface area contributed by atoms with Crippen LogP contribution < -0.4 is 9.64 Å². The van der Waals surface area contributed by atoms with E-state index in [0.717, 1.165) is 55.2 Å². The molecule has 4 rings (SSSR count). The normalized spacial score (nSPS) is 18.8. The number of benzene rings is 1. The molecule has 3 heterocycles. The molecule has 1 aromatic heterocycles. The van der Waals surface area contributed by atoms with E-state index < -0.39 is 0 Å². The minimum absolute atomic E-state index is 0.129. The minimum atomic E-state index is 0.129. The summed E-state index contributed by atoms with van der Waals surface area (Å²) in [5.41, 5.74) is 4.65. The first-order chi connectivity index (χ1) is 13.5. The number of aromatic nitrogens is 1. The summed E-state index contributed by atoms with van der Waals surface area (Å²) < 4.78 is 5.31. The molecule has 2 fully saturated rings. The number of hydrogen-bond acceptors (Lipinski definition) is 4. The van der Waals surface area contributed by atoms with Crippen LogP contribution in [0, 0.1) is 19.3 Å². The zero-order valence-electron chi connectivity index (χ0n) is 17.1. The molecule has 0 saturated carbocycles. The van der Waals surface area contributed by atoms with Gasteiger partial charge in [-0.3, -0.25) is 9.78 Å². The molecule has 0 bridgehead atoms. The molecule has 5 heteroatoms. The summed E-state index contributed by atoms with van der Waals surface area (Å²) in [5.74, 6) is 1.13. The number of aryl methyl sites for hydroxylation is 2. The summed E-state index contributed by atoms with van der Waals surface area (Å²) in [5, 5.41) is 0. The first kappa shape index (κ1) is 18.8. The van der Waals surface area contributed by atoms with Crippen molar-refractivity contribution in [3.05, 3.63) is 53.3 Å². The molecule has 5 nitrogen and oxygen atoms in total. The third kappa shape index (κ3) is 3.84. The second kappa shape index (κ2) is 7.46. The Labute approximate surface area is 167 Å². The Balaban J connectivity index is 1.41. The fourth-order valence-electron chi connectivity index (χ4n) is 4.69. The highest BCUT2D eigenvalue weighted by atomic mass is 16.5. The first-order valence-electron chi connectivity index (χ1n) is 10.1. The van der Waals surface area contributed by atoms with Gasteiger partial charge in [0.25, 0.3) is 0 Å². The summed E-state index contributed by atoms with van der Waals surface area (Å²) in [6.45, 7) is 7.64. The Bertz CT molecular complexity index is 852. The van der Waals surface area contributed by atoms with Crippen LogP contribution in [0.5, 0.6) is 5.75 Å². The number of nitrogens with zero attached hydrogens (tertiary/aromatic N) is 3. The van der Waals surface area contributed by atoms with Crippen LogP contribution >= 0.6 is 0 Å². The largest absolute Gasteiger partial charge is 0.497 e. The van der Waals surface area contributed by atoms with Gasteiger partial charge in [0.15, 0.2) is 0 Å². The Morgan fingerprint density at radius 1 is 1.11 bits per heavy atom. The summed E-state index contributed by atoms with van der Waals surface area (Å²) in [4.78, 5) is 21.7. The van der Waals surface area contributed by atoms with Crippen molar-refractivity contribution in [1.29, 1.82) is 0 Å². The lowest BCUT2D eigenvalue weighted by Gasteiger charge is -2.40. The molecule has 2 saturated heterocycles. The lowest BCUT2D eigenvalue weighted by atomic mass is 9.77. The van der Waals surface area contributed by atoms with Gasteiger partial charge in [0.2, 0.25) is 5.91 Å². The lowest BCUT2D eigenvalue weighted by Crippen LogP contribution is -2.41. The number of carbonyl (C=O) groups is 1. The number of carbonyl (C=O) groups excluding carboxylic acids is 1. The van der Waals surface area contributed by atoms with Gasteiger partial charge in [-0.2, -0.15) is 0 Å². The van der Waals surface area contributed by atoms with Gasteiger partial charge >= 0.3 is 0 Å². The van der Waals surface area contributed by atoms with Crippen molar-refractivity contribution in [1.82, 2.24) is 9.88 Å². The van der Waals surface area contributed by atoms with E-state index in [1.54, 1.807) is 7.11 Å². The van der Waals surface area contributed by atoms with Crippen LogP contribution in [0.4, 0.5) is 5.69 Å². The van der Waals surface area contributed by atoms with Crippen molar-refractivity contribution in [2.45, 2.75) is 39.7 Å². The number of piperidine rings is 1. The van der Waals surface area contributed by atoms with Gasteiger partial charge in [0.1, 0.15) is 5.75 Å². The highest BCUT2D eigenvalue weighted by molar-refractivity contribution is 5.79. The number of anilines is 1. The van der Waals surface area contributed by atoms with E-state index in [2.05, 4.69) is 28.1 Å². The molecule has 2 aromatic rings. The topological polar surface area (TPSA) is 45.7 Å². The van der Waals surface area contributed by atoms with E-state index in [4.69, 9.17) is 4.74 Å². The summed E-state index contributed by atoms with van der Waals surface area (Å²) in [6.07, 6.45) is 2.81. The molecule has 2 aliphatic rings. The maximum atomic E-state index is 12.7. The van der Waals surface area contributed by atoms with Gasteiger partial charge in [-0.1, -0.05) is 12.1 Å². The molecular formula is C23H29N3O2. The molecule has 28 heavy (non-hydrogen) atoms. The molecule has 148 valence electrons. The lowest BCUT2D eigenvalue weighted by molar-refractivity contribution is -0.128. The van der Waals surface area contributed by atoms with Crippen LogP contribution in [0.25, 0.3) is 0 Å². The quantitative estimate of drug-likeness (QED) is 0.812. The van der Waals surface area contributed by atoms with Crippen molar-refractivity contribution < 1.29 is 9.53 Å². The molecule has 0 unspecified atom stereocenters. The molecular weight excluding hydrogens is 350 g/mol. The third-order valence-corrected chi connectivity index (χ3v) is 6.17. The van der Waals surface area contributed by atoms with Gasteiger partial charge in [0, 0.05) is 55.1 Å². The van der Waals surface area contributed by atoms with Crippen molar-refractivity contribution in [3.8, 4) is 5.75 Å². The van der Waals surface area contributed by atoms with Crippen molar-refractivity contribution in [3.63, 3.8) is 0 Å². The van der Waals surface area contributed by atoms with E-state index in [9.17, 15) is 4.79 Å². The van der Waals surface area contributed by atoms with Crippen LogP contribution in [0.15, 0.2) is 36.4 Å². The molecule has 1 spiro atoms. The smallest absolute Gasteiger partial charge is 0.223 e. The molecule has 0 N–H and O–H groups in total. The average molecular weight is 380 g/mol. The van der Waals surface area contributed by atoms with Crippen LogP contribution in [0.2, 0.25) is 0 Å². The molecule has 0 aliphatic carbocycles. The standard InChI is InChI=1S/C23H29N3O2/c1-17-11-20(12-18(2)24-17)25-9-7-23(8-10-25)14-22(27)26(16-23)15-19-5-4-6-21(13-19)28-3/h4-6,11-13H,7-10,14-16H2,1-3H3. The van der Waals surface area contributed by atoms with Crippen molar-refractivity contribution in [2.24, 2.45) is 5.41 Å². The van der Waals surface area contributed by atoms with Gasteiger partial charge in [-0.25, -0.2) is 0 Å². The predicted molar refractivity (Wildman–Crippen MR) is 111 cm³/mol. The average Bonchev–Trinajstić information content (AvgIpc) is 2.96. The Morgan fingerprint density at radius 3 is 2.50 bits per heavy atom. The second-order valence-electron chi connectivity index (χ2n) is 8.37. The number of rotatable bonds is 4. The number of pyridine rings is 1. The van der Waals surface area contributed by atoms with E-state index in [1.165, 1.54) is 5.69 Å². The maximum absolute atomic E-state index is 12.7. The Hall–Kier alpha value is -2.56. The van der Waals surface area contributed by atoms with E-state index in [1.807, 2.05) is 36.9 Å². The second-order valence-corrected chi connectivity index (χ2v) is 8.37. The van der Waals surface area contributed by atoms with Crippen LogP contribution in [0.1, 0.15) is 36.2 Å². The Morgan fingerprint density at radius 2 is 1.82 bits per heavy atom. The number of methoxy groups -OCH3 is 1. The number of ether oxygens (including phenoxy) is 1. The van der Waals surface area contributed by atoms with Crippen LogP contribution in [-0.4, -0.2) is 42.5 Å². The molecule has 0 radical (unpaired) electrons. The summed E-state index contributed by atoms with van der Waals surface area (Å²) in [7, 11) is 1.68. The highest BCUT2D eigenvalue weighted by Gasteiger charge is 2.44. The number of amides is 1. The molecule has 1 amide bonds. The zero-order chi connectivity index (χ0) is 19.7. The van der Waals surface area contributed by atoms with Gasteiger partial charge in [0.05, 0.1) is 7.11 Å². The van der Waals surface area contributed by atoms with Crippen molar-refractivity contribution in [2.75, 3.05) is 31.6 Å². The third-order valence-electron chi connectivity index (χ3n) is 6.17.